The normalized spacial score (nSPS) is 19.5. The van der Waals surface area contributed by atoms with Gasteiger partial charge >= 0.3 is 5.97 Å². The predicted molar refractivity (Wildman–Crippen MR) is 103 cm³/mol. The zero-order valence-electron chi connectivity index (χ0n) is 16.3. The highest BCUT2D eigenvalue weighted by molar-refractivity contribution is 6.03. The maximum absolute atomic E-state index is 12.8. The summed E-state index contributed by atoms with van der Waals surface area (Å²) in [5, 5.41) is 3.28. The van der Waals surface area contributed by atoms with Crippen molar-refractivity contribution < 1.29 is 19.1 Å². The predicted octanol–water partition coefficient (Wildman–Crippen LogP) is 4.01. The number of allylic oxidation sites excluding steroid dienone is 3. The lowest BCUT2D eigenvalue weighted by atomic mass is 9.75. The molecule has 0 aromatic heterocycles. The van der Waals surface area contributed by atoms with Gasteiger partial charge in [0.15, 0.2) is 5.78 Å². The van der Waals surface area contributed by atoms with Crippen molar-refractivity contribution in [3.05, 3.63) is 52.4 Å². The average molecular weight is 369 g/mol. The van der Waals surface area contributed by atoms with E-state index in [4.69, 9.17) is 9.47 Å². The van der Waals surface area contributed by atoms with Crippen LogP contribution in [0, 0.1) is 0 Å². The highest BCUT2D eigenvalue weighted by atomic mass is 16.5. The first-order chi connectivity index (χ1) is 13.1. The number of carbonyl (C=O) groups is 2. The molecule has 1 atom stereocenters. The second-order valence-corrected chi connectivity index (χ2v) is 7.00. The Hall–Kier alpha value is -2.56. The van der Waals surface area contributed by atoms with E-state index in [2.05, 4.69) is 12.2 Å². The van der Waals surface area contributed by atoms with Crippen LogP contribution in [-0.2, 0) is 14.3 Å². The van der Waals surface area contributed by atoms with E-state index in [9.17, 15) is 9.59 Å². The first kappa shape index (κ1) is 19.2. The third-order valence-electron chi connectivity index (χ3n) is 5.17. The Morgan fingerprint density at radius 2 is 2.04 bits per heavy atom. The van der Waals surface area contributed by atoms with Gasteiger partial charge in [0.1, 0.15) is 5.75 Å². The van der Waals surface area contributed by atoms with Gasteiger partial charge in [0.25, 0.3) is 0 Å². The van der Waals surface area contributed by atoms with E-state index >= 15 is 0 Å². The van der Waals surface area contributed by atoms with Crippen LogP contribution in [0.25, 0.3) is 0 Å². The number of unbranched alkanes of at least 4 members (excludes halogenated alkanes) is 1. The number of benzene rings is 1. The maximum atomic E-state index is 12.8. The summed E-state index contributed by atoms with van der Waals surface area (Å²) in [6.45, 7) is 4.58. The SMILES string of the molecule is CCCCOc1ccccc1C1C(C(=O)OC)=C(C)NC2=C1C(=O)CCC2. The summed E-state index contributed by atoms with van der Waals surface area (Å²) in [6.07, 6.45) is 4.13. The van der Waals surface area contributed by atoms with Gasteiger partial charge in [0.05, 0.1) is 25.2 Å². The molecule has 5 heteroatoms. The number of nitrogens with one attached hydrogen (secondary N) is 1. The van der Waals surface area contributed by atoms with Gasteiger partial charge in [-0.05, 0) is 32.3 Å². The molecule has 0 radical (unpaired) electrons. The molecule has 1 heterocycles. The van der Waals surface area contributed by atoms with Crippen LogP contribution in [-0.4, -0.2) is 25.5 Å². The summed E-state index contributed by atoms with van der Waals surface area (Å²) < 4.78 is 11.1. The monoisotopic (exact) mass is 369 g/mol. The Kier molecular flexibility index (Phi) is 5.99. The van der Waals surface area contributed by atoms with Gasteiger partial charge in [-0.25, -0.2) is 4.79 Å². The number of methoxy groups -OCH3 is 1. The van der Waals surface area contributed by atoms with Crippen molar-refractivity contribution in [1.29, 1.82) is 0 Å². The molecule has 0 spiro atoms. The molecule has 1 unspecified atom stereocenters. The summed E-state index contributed by atoms with van der Waals surface area (Å²) in [6, 6.07) is 7.69. The molecular weight excluding hydrogens is 342 g/mol. The number of ether oxygens (including phenoxy) is 2. The minimum atomic E-state index is -0.459. The molecule has 2 aliphatic rings. The van der Waals surface area contributed by atoms with Gasteiger partial charge in [-0.1, -0.05) is 31.5 Å². The molecule has 0 saturated heterocycles. The smallest absolute Gasteiger partial charge is 0.336 e. The van der Waals surface area contributed by atoms with Gasteiger partial charge < -0.3 is 14.8 Å². The zero-order chi connectivity index (χ0) is 19.4. The molecule has 1 aliphatic heterocycles. The third-order valence-corrected chi connectivity index (χ3v) is 5.17. The summed E-state index contributed by atoms with van der Waals surface area (Å²) in [4.78, 5) is 25.5. The van der Waals surface area contributed by atoms with Crippen LogP contribution in [0.3, 0.4) is 0 Å². The van der Waals surface area contributed by atoms with E-state index in [0.717, 1.165) is 48.4 Å². The van der Waals surface area contributed by atoms with Gasteiger partial charge in [-0.3, -0.25) is 4.79 Å². The molecule has 0 amide bonds. The van der Waals surface area contributed by atoms with Crippen molar-refractivity contribution in [2.24, 2.45) is 0 Å². The van der Waals surface area contributed by atoms with E-state index in [1.807, 2.05) is 31.2 Å². The molecule has 0 bridgehead atoms. The van der Waals surface area contributed by atoms with E-state index in [0.29, 0.717) is 24.2 Å². The van der Waals surface area contributed by atoms with E-state index in [1.165, 1.54) is 7.11 Å². The molecule has 0 saturated carbocycles. The van der Waals surface area contributed by atoms with Crippen LogP contribution in [0.5, 0.6) is 5.75 Å². The quantitative estimate of drug-likeness (QED) is 0.606. The summed E-state index contributed by atoms with van der Waals surface area (Å²) in [5.74, 6) is -0.0686. The Morgan fingerprint density at radius 3 is 2.78 bits per heavy atom. The van der Waals surface area contributed by atoms with Crippen molar-refractivity contribution in [2.75, 3.05) is 13.7 Å². The van der Waals surface area contributed by atoms with Crippen LogP contribution in [0.2, 0.25) is 0 Å². The van der Waals surface area contributed by atoms with Gasteiger partial charge in [-0.2, -0.15) is 0 Å². The fourth-order valence-corrected chi connectivity index (χ4v) is 3.85. The summed E-state index contributed by atoms with van der Waals surface area (Å²) in [7, 11) is 1.37. The molecule has 27 heavy (non-hydrogen) atoms. The Bertz CT molecular complexity index is 806. The highest BCUT2D eigenvalue weighted by Crippen LogP contribution is 2.45. The lowest BCUT2D eigenvalue weighted by Gasteiger charge is -2.34. The minimum Gasteiger partial charge on any atom is -0.493 e. The van der Waals surface area contributed by atoms with Crippen LogP contribution in [0.4, 0.5) is 0 Å². The minimum absolute atomic E-state index is 0.0889. The number of para-hydroxylation sites is 1. The fourth-order valence-electron chi connectivity index (χ4n) is 3.85. The van der Waals surface area contributed by atoms with Crippen molar-refractivity contribution in [3.63, 3.8) is 0 Å². The van der Waals surface area contributed by atoms with Gasteiger partial charge in [-0.15, -0.1) is 0 Å². The van der Waals surface area contributed by atoms with Crippen LogP contribution < -0.4 is 10.1 Å². The van der Waals surface area contributed by atoms with E-state index < -0.39 is 11.9 Å². The molecule has 1 aromatic rings. The van der Waals surface area contributed by atoms with Crippen molar-refractivity contribution in [3.8, 4) is 5.75 Å². The molecule has 1 N–H and O–H groups in total. The molecule has 1 aliphatic carbocycles. The molecule has 0 fully saturated rings. The standard InChI is InChI=1S/C22H27NO4/c1-4-5-13-27-18-12-7-6-9-15(18)20-19(22(25)26-3)14(2)23-16-10-8-11-17(24)21(16)20/h6-7,9,12,20,23H,4-5,8,10-11,13H2,1-3H3. The number of hydrogen-bond donors (Lipinski definition) is 1. The topological polar surface area (TPSA) is 64.6 Å². The lowest BCUT2D eigenvalue weighted by molar-refractivity contribution is -0.136. The van der Waals surface area contributed by atoms with Crippen LogP contribution in [0.15, 0.2) is 46.8 Å². The number of dihydropyridines is 1. The molecular formula is C22H27NO4. The fraction of sp³-hybridized carbons (Fsp3) is 0.455. The van der Waals surface area contributed by atoms with Gasteiger partial charge in [0.2, 0.25) is 0 Å². The van der Waals surface area contributed by atoms with Crippen molar-refractivity contribution in [1.82, 2.24) is 5.32 Å². The molecule has 5 nitrogen and oxygen atoms in total. The lowest BCUT2D eigenvalue weighted by Crippen LogP contribution is -2.34. The first-order valence-corrected chi connectivity index (χ1v) is 9.62. The number of hydrogen-bond acceptors (Lipinski definition) is 5. The Labute approximate surface area is 160 Å². The summed E-state index contributed by atoms with van der Waals surface area (Å²) >= 11 is 0. The number of ketones is 1. The highest BCUT2D eigenvalue weighted by Gasteiger charge is 2.40. The second-order valence-electron chi connectivity index (χ2n) is 7.00. The molecule has 144 valence electrons. The van der Waals surface area contributed by atoms with Crippen LogP contribution >= 0.6 is 0 Å². The maximum Gasteiger partial charge on any atom is 0.336 e. The van der Waals surface area contributed by atoms with Gasteiger partial charge in [0, 0.05) is 29.0 Å². The number of carbonyl (C=O) groups excluding carboxylic acids is 2. The Balaban J connectivity index is 2.13. The largest absolute Gasteiger partial charge is 0.493 e. The number of rotatable bonds is 6. The Morgan fingerprint density at radius 1 is 1.26 bits per heavy atom. The van der Waals surface area contributed by atoms with Crippen molar-refractivity contribution >= 4 is 11.8 Å². The van der Waals surface area contributed by atoms with Crippen LogP contribution in [0.1, 0.15) is 57.4 Å². The van der Waals surface area contributed by atoms with E-state index in [-0.39, 0.29) is 5.78 Å². The van der Waals surface area contributed by atoms with E-state index in [1.54, 1.807) is 0 Å². The average Bonchev–Trinajstić information content (AvgIpc) is 2.67. The molecule has 1 aromatic carbocycles. The molecule has 3 rings (SSSR count). The second kappa shape index (κ2) is 8.42. The first-order valence-electron chi connectivity index (χ1n) is 9.62. The van der Waals surface area contributed by atoms with Crippen molar-refractivity contribution in [2.45, 2.75) is 51.9 Å². The third kappa shape index (κ3) is 3.77. The number of esters is 1. The number of Topliss-reactive ketones (excluding diaryl/α,β-unsaturated/α-hetero) is 1. The zero-order valence-corrected chi connectivity index (χ0v) is 16.3. The summed E-state index contributed by atoms with van der Waals surface area (Å²) in [5.41, 5.74) is 3.67.